The van der Waals surface area contributed by atoms with Gasteiger partial charge in [-0.05, 0) is 51.3 Å². The van der Waals surface area contributed by atoms with Crippen LogP contribution < -0.4 is 10.1 Å². The van der Waals surface area contributed by atoms with Crippen LogP contribution in [0.25, 0.3) is 0 Å². The second-order valence-electron chi connectivity index (χ2n) is 5.85. The van der Waals surface area contributed by atoms with Gasteiger partial charge >= 0.3 is 0 Å². The molecule has 1 aromatic rings. The number of hydrogen-bond acceptors (Lipinski definition) is 3. The van der Waals surface area contributed by atoms with Crippen LogP contribution in [-0.2, 0) is 5.41 Å². The Kier molecular flexibility index (Phi) is 5.15. The van der Waals surface area contributed by atoms with Crippen molar-refractivity contribution in [3.63, 3.8) is 0 Å². The first-order valence-corrected chi connectivity index (χ1v) is 6.64. The molecule has 18 heavy (non-hydrogen) atoms. The van der Waals surface area contributed by atoms with Crippen LogP contribution in [0.4, 0.5) is 0 Å². The molecule has 1 atom stereocenters. The van der Waals surface area contributed by atoms with E-state index in [4.69, 9.17) is 4.74 Å². The van der Waals surface area contributed by atoms with E-state index in [1.54, 1.807) is 6.20 Å². The minimum absolute atomic E-state index is 0.0891. The number of pyridine rings is 1. The lowest BCUT2D eigenvalue weighted by Gasteiger charge is -2.28. The molecule has 0 aromatic carbocycles. The topological polar surface area (TPSA) is 34.2 Å². The molecule has 1 heterocycles. The van der Waals surface area contributed by atoms with Crippen LogP contribution in [0.5, 0.6) is 5.75 Å². The molecule has 0 radical (unpaired) electrons. The average molecular weight is 250 g/mol. The molecule has 3 nitrogen and oxygen atoms in total. The van der Waals surface area contributed by atoms with Crippen molar-refractivity contribution < 1.29 is 4.74 Å². The summed E-state index contributed by atoms with van der Waals surface area (Å²) in [5, 5.41) is 3.29. The van der Waals surface area contributed by atoms with Crippen LogP contribution in [0.15, 0.2) is 18.5 Å². The predicted octanol–water partition coefficient (Wildman–Crippen LogP) is 3.14. The monoisotopic (exact) mass is 250 g/mol. The molecule has 1 aromatic heterocycles. The van der Waals surface area contributed by atoms with E-state index in [0.29, 0.717) is 6.04 Å². The molecule has 1 unspecified atom stereocenters. The van der Waals surface area contributed by atoms with Gasteiger partial charge in [0.1, 0.15) is 5.75 Å². The minimum Gasteiger partial charge on any atom is -0.489 e. The van der Waals surface area contributed by atoms with E-state index in [1.165, 1.54) is 5.56 Å². The first-order chi connectivity index (χ1) is 8.35. The maximum Gasteiger partial charge on any atom is 0.138 e. The van der Waals surface area contributed by atoms with Crippen LogP contribution in [0.1, 0.15) is 46.6 Å². The maximum atomic E-state index is 5.70. The van der Waals surface area contributed by atoms with Gasteiger partial charge in [0.05, 0.1) is 12.3 Å². The van der Waals surface area contributed by atoms with Crippen molar-refractivity contribution in [1.82, 2.24) is 10.3 Å². The number of nitrogens with zero attached hydrogens (tertiary/aromatic N) is 1. The normalized spacial score (nSPS) is 13.7. The molecule has 102 valence electrons. The smallest absolute Gasteiger partial charge is 0.138 e. The van der Waals surface area contributed by atoms with Crippen LogP contribution >= 0.6 is 0 Å². The Morgan fingerprint density at radius 3 is 2.50 bits per heavy atom. The number of nitrogens with one attached hydrogen (secondary N) is 1. The molecule has 0 amide bonds. The highest BCUT2D eigenvalue weighted by Crippen LogP contribution is 2.30. The van der Waals surface area contributed by atoms with Crippen LogP contribution in [0.3, 0.4) is 0 Å². The maximum absolute atomic E-state index is 5.70. The Bertz CT molecular complexity index is 375. The second-order valence-corrected chi connectivity index (χ2v) is 5.85. The third-order valence-corrected chi connectivity index (χ3v) is 3.18. The fraction of sp³-hybridized carbons (Fsp3) is 0.667. The lowest BCUT2D eigenvalue weighted by Crippen LogP contribution is -2.31. The van der Waals surface area contributed by atoms with E-state index in [0.717, 1.165) is 12.2 Å². The summed E-state index contributed by atoms with van der Waals surface area (Å²) in [4.78, 5) is 4.29. The van der Waals surface area contributed by atoms with E-state index in [1.807, 2.05) is 27.1 Å². The average Bonchev–Trinajstić information content (AvgIpc) is 2.27. The van der Waals surface area contributed by atoms with E-state index in [2.05, 4.69) is 37.1 Å². The summed E-state index contributed by atoms with van der Waals surface area (Å²) in [6.45, 7) is 10.7. The molecular formula is C15H26N2O. The zero-order valence-electron chi connectivity index (χ0n) is 12.4. The second kappa shape index (κ2) is 6.19. The van der Waals surface area contributed by atoms with Gasteiger partial charge in [0.2, 0.25) is 0 Å². The molecule has 0 saturated carbocycles. The minimum atomic E-state index is 0.0891. The van der Waals surface area contributed by atoms with Crippen molar-refractivity contribution in [2.24, 2.45) is 0 Å². The molecule has 0 bridgehead atoms. The van der Waals surface area contributed by atoms with Gasteiger partial charge in [-0.15, -0.1) is 0 Å². The molecule has 0 saturated heterocycles. The first-order valence-electron chi connectivity index (χ1n) is 6.64. The summed E-state index contributed by atoms with van der Waals surface area (Å²) < 4.78 is 5.70. The van der Waals surface area contributed by atoms with Crippen LogP contribution in [-0.4, -0.2) is 24.2 Å². The number of rotatable bonds is 6. The molecule has 1 N–H and O–H groups in total. The molecule has 1 rings (SSSR count). The summed E-state index contributed by atoms with van der Waals surface area (Å²) in [6.07, 6.45) is 4.97. The Morgan fingerprint density at radius 1 is 1.28 bits per heavy atom. The van der Waals surface area contributed by atoms with E-state index >= 15 is 0 Å². The quantitative estimate of drug-likeness (QED) is 0.842. The molecule has 0 aliphatic heterocycles. The Hall–Kier alpha value is -1.09. The van der Waals surface area contributed by atoms with Crippen molar-refractivity contribution in [3.05, 3.63) is 24.0 Å². The molecule has 3 heteroatoms. The van der Waals surface area contributed by atoms with Gasteiger partial charge in [-0.1, -0.05) is 13.8 Å². The largest absolute Gasteiger partial charge is 0.489 e. The zero-order chi connectivity index (χ0) is 13.8. The molecule has 0 aliphatic carbocycles. The molecule has 0 spiro atoms. The number of hydrogen-bond donors (Lipinski definition) is 1. The van der Waals surface area contributed by atoms with Gasteiger partial charge in [-0.25, -0.2) is 0 Å². The van der Waals surface area contributed by atoms with Gasteiger partial charge in [0.15, 0.2) is 0 Å². The van der Waals surface area contributed by atoms with Crippen LogP contribution in [0, 0.1) is 0 Å². The predicted molar refractivity (Wildman–Crippen MR) is 76.2 cm³/mol. The third kappa shape index (κ3) is 4.30. The Balaban J connectivity index is 2.87. The summed E-state index contributed by atoms with van der Waals surface area (Å²) >= 11 is 0. The highest BCUT2D eigenvalue weighted by Gasteiger charge is 2.23. The van der Waals surface area contributed by atoms with E-state index in [9.17, 15) is 0 Å². The molecule has 0 fully saturated rings. The van der Waals surface area contributed by atoms with E-state index < -0.39 is 0 Å². The molecular weight excluding hydrogens is 224 g/mol. The van der Waals surface area contributed by atoms with Gasteiger partial charge < -0.3 is 10.1 Å². The lowest BCUT2D eigenvalue weighted by atomic mass is 9.80. The summed E-state index contributed by atoms with van der Waals surface area (Å²) in [5.74, 6) is 0.854. The van der Waals surface area contributed by atoms with Gasteiger partial charge in [-0.3, -0.25) is 4.98 Å². The summed E-state index contributed by atoms with van der Waals surface area (Å²) in [7, 11) is 2.00. The Morgan fingerprint density at radius 2 is 1.94 bits per heavy atom. The van der Waals surface area contributed by atoms with Crippen molar-refractivity contribution >= 4 is 0 Å². The van der Waals surface area contributed by atoms with Gasteiger partial charge in [0.25, 0.3) is 0 Å². The standard InChI is InChI=1S/C15H26N2O/c1-11(2)18-14-7-13(9-17-10-14)15(4,5)8-12(3)16-6/h7,9-12,16H,8H2,1-6H3. The lowest BCUT2D eigenvalue weighted by molar-refractivity contribution is 0.240. The number of aromatic nitrogens is 1. The Labute approximate surface area is 111 Å². The van der Waals surface area contributed by atoms with Gasteiger partial charge in [0, 0.05) is 12.2 Å². The first kappa shape index (κ1) is 15.0. The summed E-state index contributed by atoms with van der Waals surface area (Å²) in [6, 6.07) is 2.59. The van der Waals surface area contributed by atoms with Crippen molar-refractivity contribution in [3.8, 4) is 5.75 Å². The third-order valence-electron chi connectivity index (χ3n) is 3.18. The number of ether oxygens (including phenoxy) is 1. The van der Waals surface area contributed by atoms with E-state index in [-0.39, 0.29) is 11.5 Å². The van der Waals surface area contributed by atoms with Crippen molar-refractivity contribution in [1.29, 1.82) is 0 Å². The van der Waals surface area contributed by atoms with Crippen LogP contribution in [0.2, 0.25) is 0 Å². The highest BCUT2D eigenvalue weighted by molar-refractivity contribution is 5.29. The fourth-order valence-corrected chi connectivity index (χ4v) is 2.11. The fourth-order valence-electron chi connectivity index (χ4n) is 2.11. The highest BCUT2D eigenvalue weighted by atomic mass is 16.5. The van der Waals surface area contributed by atoms with Crippen molar-refractivity contribution in [2.45, 2.75) is 58.6 Å². The molecule has 0 aliphatic rings. The SMILES string of the molecule is CNC(C)CC(C)(C)c1cncc(OC(C)C)c1. The van der Waals surface area contributed by atoms with Gasteiger partial charge in [-0.2, -0.15) is 0 Å². The zero-order valence-corrected chi connectivity index (χ0v) is 12.4. The van der Waals surface area contributed by atoms with Crippen molar-refractivity contribution in [2.75, 3.05) is 7.05 Å². The summed E-state index contributed by atoms with van der Waals surface area (Å²) in [5.41, 5.74) is 1.31.